The first-order chi connectivity index (χ1) is 6.72. The summed E-state index contributed by atoms with van der Waals surface area (Å²) in [5.74, 6) is 0.410. The second-order valence-corrected chi connectivity index (χ2v) is 4.77. The zero-order chi connectivity index (χ0) is 10.1. The van der Waals surface area contributed by atoms with Gasteiger partial charge in [-0.2, -0.15) is 0 Å². The Kier molecular flexibility index (Phi) is 2.76. The molecule has 1 saturated carbocycles. The molecule has 1 aromatic carbocycles. The summed E-state index contributed by atoms with van der Waals surface area (Å²) in [5.41, 5.74) is 1.25. The topological polar surface area (TPSA) is 26.3 Å². The zero-order valence-electron chi connectivity index (χ0n) is 7.87. The SMILES string of the molecule is COC(=O)C1CC1c1ccc(I)cc1. The van der Waals surface area contributed by atoms with E-state index in [-0.39, 0.29) is 11.9 Å². The Balaban J connectivity index is 2.06. The van der Waals surface area contributed by atoms with Gasteiger partial charge in [0.25, 0.3) is 0 Å². The van der Waals surface area contributed by atoms with E-state index in [2.05, 4.69) is 46.9 Å². The third-order valence-corrected chi connectivity index (χ3v) is 3.31. The Hall–Kier alpha value is -0.580. The van der Waals surface area contributed by atoms with Gasteiger partial charge in [-0.25, -0.2) is 0 Å². The lowest BCUT2D eigenvalue weighted by Gasteiger charge is -1.99. The fraction of sp³-hybridized carbons (Fsp3) is 0.364. The maximum absolute atomic E-state index is 11.2. The Bertz CT molecular complexity index is 345. The minimum absolute atomic E-state index is 0.0754. The van der Waals surface area contributed by atoms with Crippen LogP contribution in [0.5, 0.6) is 0 Å². The molecule has 0 heterocycles. The average Bonchev–Trinajstić information content (AvgIpc) is 2.98. The summed E-state index contributed by atoms with van der Waals surface area (Å²) in [6.45, 7) is 0. The Morgan fingerprint density at radius 1 is 1.43 bits per heavy atom. The summed E-state index contributed by atoms with van der Waals surface area (Å²) < 4.78 is 5.93. The van der Waals surface area contributed by atoms with E-state index in [1.54, 1.807) is 0 Å². The van der Waals surface area contributed by atoms with E-state index in [0.717, 1.165) is 6.42 Å². The van der Waals surface area contributed by atoms with Crippen molar-refractivity contribution in [3.8, 4) is 0 Å². The maximum atomic E-state index is 11.2. The number of carbonyl (C=O) groups excluding carboxylic acids is 1. The molecule has 2 unspecified atom stereocenters. The number of carbonyl (C=O) groups is 1. The van der Waals surface area contributed by atoms with Crippen LogP contribution in [0.2, 0.25) is 0 Å². The first kappa shape index (κ1) is 9.96. The van der Waals surface area contributed by atoms with Crippen molar-refractivity contribution in [1.82, 2.24) is 0 Å². The molecule has 1 aliphatic rings. The van der Waals surface area contributed by atoms with Crippen LogP contribution in [-0.2, 0) is 9.53 Å². The van der Waals surface area contributed by atoms with Crippen LogP contribution in [0.1, 0.15) is 17.9 Å². The molecule has 1 aromatic rings. The second-order valence-electron chi connectivity index (χ2n) is 3.52. The Morgan fingerprint density at radius 2 is 2.07 bits per heavy atom. The lowest BCUT2D eigenvalue weighted by atomic mass is 10.1. The lowest BCUT2D eigenvalue weighted by Crippen LogP contribution is -2.03. The van der Waals surface area contributed by atoms with E-state index in [9.17, 15) is 4.79 Å². The third kappa shape index (κ3) is 1.92. The van der Waals surface area contributed by atoms with E-state index in [1.165, 1.54) is 16.2 Å². The van der Waals surface area contributed by atoms with Crippen LogP contribution in [0.15, 0.2) is 24.3 Å². The van der Waals surface area contributed by atoms with Gasteiger partial charge in [-0.3, -0.25) is 4.79 Å². The molecular formula is C11H11IO2. The lowest BCUT2D eigenvalue weighted by molar-refractivity contribution is -0.142. The fourth-order valence-corrected chi connectivity index (χ4v) is 2.04. The van der Waals surface area contributed by atoms with Crippen LogP contribution in [0.3, 0.4) is 0 Å². The monoisotopic (exact) mass is 302 g/mol. The molecule has 1 aliphatic carbocycles. The molecule has 0 saturated heterocycles. The highest BCUT2D eigenvalue weighted by Crippen LogP contribution is 2.48. The number of hydrogen-bond donors (Lipinski definition) is 0. The van der Waals surface area contributed by atoms with Gasteiger partial charge < -0.3 is 4.74 Å². The van der Waals surface area contributed by atoms with E-state index in [1.807, 2.05) is 0 Å². The maximum Gasteiger partial charge on any atom is 0.309 e. The predicted octanol–water partition coefficient (Wildman–Crippen LogP) is 2.57. The molecule has 2 atom stereocenters. The highest BCUT2D eigenvalue weighted by atomic mass is 127. The van der Waals surface area contributed by atoms with Gasteiger partial charge in [0.05, 0.1) is 13.0 Å². The number of benzene rings is 1. The van der Waals surface area contributed by atoms with Gasteiger partial charge in [0.1, 0.15) is 0 Å². The molecule has 0 radical (unpaired) electrons. The van der Waals surface area contributed by atoms with Crippen molar-refractivity contribution in [2.75, 3.05) is 7.11 Å². The van der Waals surface area contributed by atoms with Crippen molar-refractivity contribution in [1.29, 1.82) is 0 Å². The van der Waals surface area contributed by atoms with Crippen molar-refractivity contribution in [3.63, 3.8) is 0 Å². The Labute approximate surface area is 96.8 Å². The second kappa shape index (κ2) is 3.88. The highest BCUT2D eigenvalue weighted by molar-refractivity contribution is 14.1. The van der Waals surface area contributed by atoms with Gasteiger partial charge in [-0.05, 0) is 52.6 Å². The molecule has 0 spiro atoms. The molecule has 0 N–H and O–H groups in total. The summed E-state index contributed by atoms with van der Waals surface area (Å²) in [5, 5.41) is 0. The quantitative estimate of drug-likeness (QED) is 0.620. The minimum Gasteiger partial charge on any atom is -0.469 e. The summed E-state index contributed by atoms with van der Waals surface area (Å²) in [7, 11) is 1.45. The summed E-state index contributed by atoms with van der Waals surface area (Å²) in [6.07, 6.45) is 0.938. The standard InChI is InChI=1S/C11H11IO2/c1-14-11(13)10-6-9(10)7-2-4-8(12)5-3-7/h2-5,9-10H,6H2,1H3. The van der Waals surface area contributed by atoms with E-state index < -0.39 is 0 Å². The van der Waals surface area contributed by atoms with Crippen molar-refractivity contribution in [2.45, 2.75) is 12.3 Å². The van der Waals surface area contributed by atoms with Crippen molar-refractivity contribution < 1.29 is 9.53 Å². The molecule has 1 fully saturated rings. The highest BCUT2D eigenvalue weighted by Gasteiger charge is 2.44. The molecular weight excluding hydrogens is 291 g/mol. The molecule has 3 heteroatoms. The number of halogens is 1. The van der Waals surface area contributed by atoms with Gasteiger partial charge in [0, 0.05) is 3.57 Å². The van der Waals surface area contributed by atoms with Gasteiger partial charge in [-0.15, -0.1) is 0 Å². The molecule has 0 aliphatic heterocycles. The molecule has 0 aromatic heterocycles. The summed E-state index contributed by atoms with van der Waals surface area (Å²) >= 11 is 2.27. The van der Waals surface area contributed by atoms with Crippen LogP contribution >= 0.6 is 22.6 Å². The minimum atomic E-state index is -0.0754. The average molecular weight is 302 g/mol. The van der Waals surface area contributed by atoms with Gasteiger partial charge >= 0.3 is 5.97 Å². The predicted molar refractivity (Wildman–Crippen MR) is 62.0 cm³/mol. The van der Waals surface area contributed by atoms with Crippen molar-refractivity contribution >= 4 is 28.6 Å². The molecule has 2 rings (SSSR count). The largest absolute Gasteiger partial charge is 0.469 e. The van der Waals surface area contributed by atoms with Crippen LogP contribution < -0.4 is 0 Å². The smallest absolute Gasteiger partial charge is 0.309 e. The first-order valence-corrected chi connectivity index (χ1v) is 5.63. The van der Waals surface area contributed by atoms with Crippen molar-refractivity contribution in [2.24, 2.45) is 5.92 Å². The fourth-order valence-electron chi connectivity index (χ4n) is 1.69. The van der Waals surface area contributed by atoms with E-state index in [0.29, 0.717) is 5.92 Å². The molecule has 0 amide bonds. The number of esters is 1. The normalized spacial score (nSPS) is 24.4. The number of methoxy groups -OCH3 is 1. The molecule has 0 bridgehead atoms. The van der Waals surface area contributed by atoms with Crippen LogP contribution in [0.25, 0.3) is 0 Å². The van der Waals surface area contributed by atoms with E-state index in [4.69, 9.17) is 4.74 Å². The van der Waals surface area contributed by atoms with Crippen LogP contribution in [-0.4, -0.2) is 13.1 Å². The Morgan fingerprint density at radius 3 is 2.64 bits per heavy atom. The number of ether oxygens (including phenoxy) is 1. The van der Waals surface area contributed by atoms with Gasteiger partial charge in [0.15, 0.2) is 0 Å². The van der Waals surface area contributed by atoms with E-state index >= 15 is 0 Å². The molecule has 2 nitrogen and oxygen atoms in total. The number of hydrogen-bond acceptors (Lipinski definition) is 2. The first-order valence-electron chi connectivity index (χ1n) is 4.55. The number of rotatable bonds is 2. The van der Waals surface area contributed by atoms with Crippen molar-refractivity contribution in [3.05, 3.63) is 33.4 Å². The summed E-state index contributed by atoms with van der Waals surface area (Å²) in [6, 6.07) is 8.33. The van der Waals surface area contributed by atoms with Gasteiger partial charge in [0.2, 0.25) is 0 Å². The zero-order valence-corrected chi connectivity index (χ0v) is 10.0. The molecule has 74 valence electrons. The summed E-state index contributed by atoms with van der Waals surface area (Å²) in [4.78, 5) is 11.2. The van der Waals surface area contributed by atoms with Crippen LogP contribution in [0, 0.1) is 9.49 Å². The van der Waals surface area contributed by atoms with Gasteiger partial charge in [-0.1, -0.05) is 12.1 Å². The van der Waals surface area contributed by atoms with Crippen LogP contribution in [0.4, 0.5) is 0 Å². The molecule has 14 heavy (non-hydrogen) atoms. The third-order valence-electron chi connectivity index (χ3n) is 2.59.